The molecular formula is C21H23N2O3+. The van der Waals surface area contributed by atoms with Crippen LogP contribution in [0.15, 0.2) is 48.5 Å². The summed E-state index contributed by atoms with van der Waals surface area (Å²) in [7, 11) is 0. The first-order valence-corrected chi connectivity index (χ1v) is 9.34. The molecule has 134 valence electrons. The van der Waals surface area contributed by atoms with Crippen molar-refractivity contribution >= 4 is 11.5 Å². The van der Waals surface area contributed by atoms with Crippen LogP contribution in [0.5, 0.6) is 11.5 Å². The second-order valence-corrected chi connectivity index (χ2v) is 7.12. The van der Waals surface area contributed by atoms with Gasteiger partial charge in [0.05, 0.1) is 6.54 Å². The molecular weight excluding hydrogens is 328 g/mol. The topological polar surface area (TPSA) is 44.9 Å². The van der Waals surface area contributed by atoms with Crippen molar-refractivity contribution in [2.45, 2.75) is 25.0 Å². The molecule has 3 aliphatic heterocycles. The van der Waals surface area contributed by atoms with Crippen molar-refractivity contribution in [2.75, 3.05) is 31.2 Å². The number of anilines is 1. The molecule has 0 radical (unpaired) electrons. The highest BCUT2D eigenvalue weighted by molar-refractivity contribution is 5.96. The van der Waals surface area contributed by atoms with Crippen LogP contribution < -0.4 is 14.4 Å². The Morgan fingerprint density at radius 3 is 2.62 bits per heavy atom. The van der Waals surface area contributed by atoms with Gasteiger partial charge in [-0.3, -0.25) is 0 Å². The maximum Gasteiger partial charge on any atom is 0.271 e. The van der Waals surface area contributed by atoms with Gasteiger partial charge in [-0.2, -0.15) is 0 Å². The number of nitrogens with zero attached hydrogens (tertiary/aromatic N) is 2. The molecule has 0 unspecified atom stereocenters. The lowest BCUT2D eigenvalue weighted by Crippen LogP contribution is -2.41. The molecule has 0 amide bonds. The minimum Gasteiger partial charge on any atom is -0.486 e. The maximum atomic E-state index is 11.8. The number of β-amino-alcohol motifs (C(OH)–C–C–N with tert-alkyl or cyclic N) is 1. The summed E-state index contributed by atoms with van der Waals surface area (Å²) < 4.78 is 13.6. The number of aliphatic hydroxyl groups is 1. The first-order valence-electron chi connectivity index (χ1n) is 9.34. The van der Waals surface area contributed by atoms with Crippen molar-refractivity contribution in [1.29, 1.82) is 0 Å². The molecule has 1 atom stereocenters. The van der Waals surface area contributed by atoms with Crippen LogP contribution in [0.2, 0.25) is 0 Å². The van der Waals surface area contributed by atoms with Gasteiger partial charge in [-0.25, -0.2) is 9.48 Å². The van der Waals surface area contributed by atoms with Crippen LogP contribution in [0, 0.1) is 0 Å². The van der Waals surface area contributed by atoms with Crippen LogP contribution in [0.3, 0.4) is 0 Å². The fourth-order valence-electron chi connectivity index (χ4n) is 4.28. The van der Waals surface area contributed by atoms with E-state index < -0.39 is 5.72 Å². The van der Waals surface area contributed by atoms with Crippen LogP contribution in [-0.4, -0.2) is 41.8 Å². The first-order chi connectivity index (χ1) is 12.8. The Hall–Kier alpha value is -2.53. The Morgan fingerprint density at radius 1 is 0.962 bits per heavy atom. The number of ether oxygens (including phenoxy) is 2. The summed E-state index contributed by atoms with van der Waals surface area (Å²) >= 11 is 0. The highest BCUT2D eigenvalue weighted by atomic mass is 16.6. The van der Waals surface area contributed by atoms with Crippen molar-refractivity contribution in [1.82, 2.24) is 0 Å². The standard InChI is InChI=1S/C21H23N2O3/c24-21(16-9-10-18-19(14-16)26-13-12-25-18)15-22(17-6-2-1-3-7-17)20-8-4-5-11-23(20)21/h1-3,6-7,9-10,14,24H,4-5,8,11-13,15H2/q+1/t21-/m1/s1. The van der Waals surface area contributed by atoms with Crippen LogP contribution >= 0.6 is 0 Å². The van der Waals surface area contributed by atoms with E-state index in [4.69, 9.17) is 9.47 Å². The summed E-state index contributed by atoms with van der Waals surface area (Å²) in [6.07, 6.45) is 3.24. The minimum absolute atomic E-state index is 0.520. The molecule has 0 bridgehead atoms. The Balaban J connectivity index is 1.59. The average molecular weight is 351 g/mol. The lowest BCUT2D eigenvalue weighted by atomic mass is 10.0. The summed E-state index contributed by atoms with van der Waals surface area (Å²) in [5, 5.41) is 11.8. The van der Waals surface area contributed by atoms with Crippen LogP contribution in [-0.2, 0) is 5.72 Å². The van der Waals surface area contributed by atoms with Crippen molar-refractivity contribution in [3.63, 3.8) is 0 Å². The van der Waals surface area contributed by atoms with Gasteiger partial charge in [0.25, 0.3) is 11.6 Å². The van der Waals surface area contributed by atoms with E-state index in [0.717, 1.165) is 48.6 Å². The molecule has 0 saturated carbocycles. The van der Waals surface area contributed by atoms with Crippen LogP contribution in [0.1, 0.15) is 24.8 Å². The van der Waals surface area contributed by atoms with E-state index >= 15 is 0 Å². The Kier molecular flexibility index (Phi) is 3.64. The Morgan fingerprint density at radius 2 is 1.77 bits per heavy atom. The molecule has 26 heavy (non-hydrogen) atoms. The van der Waals surface area contributed by atoms with Gasteiger partial charge in [-0.05, 0) is 43.2 Å². The molecule has 5 nitrogen and oxygen atoms in total. The second kappa shape index (κ2) is 6.02. The van der Waals surface area contributed by atoms with Gasteiger partial charge in [-0.15, -0.1) is 0 Å². The fourth-order valence-corrected chi connectivity index (χ4v) is 4.28. The van der Waals surface area contributed by atoms with Crippen LogP contribution in [0.4, 0.5) is 5.69 Å². The van der Waals surface area contributed by atoms with Crippen molar-refractivity contribution in [3.05, 3.63) is 54.1 Å². The SMILES string of the molecule is O[C@@]1(c2ccc3c(c2)OCCO3)CN(c2ccccc2)C2=[N+]1CCCC2. The monoisotopic (exact) mass is 351 g/mol. The van der Waals surface area contributed by atoms with Gasteiger partial charge in [-0.1, -0.05) is 18.2 Å². The van der Waals surface area contributed by atoms with E-state index in [9.17, 15) is 5.11 Å². The molecule has 3 heterocycles. The normalized spacial score (nSPS) is 24.6. The molecule has 0 saturated heterocycles. The summed E-state index contributed by atoms with van der Waals surface area (Å²) in [5.41, 5.74) is 0.934. The fraction of sp³-hybridized carbons (Fsp3) is 0.381. The van der Waals surface area contributed by atoms with Gasteiger partial charge in [0.2, 0.25) is 0 Å². The summed E-state index contributed by atoms with van der Waals surface area (Å²) in [6, 6.07) is 16.1. The van der Waals surface area contributed by atoms with Gasteiger partial charge in [0.1, 0.15) is 18.9 Å². The van der Waals surface area contributed by atoms with Gasteiger partial charge in [0.15, 0.2) is 18.0 Å². The van der Waals surface area contributed by atoms with E-state index in [1.54, 1.807) is 0 Å². The molecule has 2 aromatic rings. The summed E-state index contributed by atoms with van der Waals surface area (Å²) in [5.74, 6) is 2.68. The van der Waals surface area contributed by atoms with Crippen molar-refractivity contribution in [3.8, 4) is 11.5 Å². The quantitative estimate of drug-likeness (QED) is 0.845. The first kappa shape index (κ1) is 15.7. The highest BCUT2D eigenvalue weighted by Gasteiger charge is 2.52. The maximum absolute atomic E-state index is 11.8. The van der Waals surface area contributed by atoms with Gasteiger partial charge in [0, 0.05) is 12.0 Å². The number of amidine groups is 1. The molecule has 0 fully saturated rings. The average Bonchev–Trinajstić information content (AvgIpc) is 3.03. The zero-order chi connectivity index (χ0) is 17.6. The van der Waals surface area contributed by atoms with E-state index in [2.05, 4.69) is 21.6 Å². The third kappa shape index (κ3) is 2.38. The Bertz CT molecular complexity index is 865. The Labute approximate surface area is 153 Å². The predicted molar refractivity (Wildman–Crippen MR) is 99.1 cm³/mol. The molecule has 5 rings (SSSR count). The number of benzene rings is 2. The molecule has 2 aromatic carbocycles. The number of hydrogen-bond donors (Lipinski definition) is 1. The summed E-state index contributed by atoms with van der Waals surface area (Å²) in [4.78, 5) is 2.26. The molecule has 1 N–H and O–H groups in total. The van der Waals surface area contributed by atoms with E-state index in [0.29, 0.717) is 19.8 Å². The molecule has 0 aliphatic carbocycles. The molecule has 3 aliphatic rings. The summed E-state index contributed by atoms with van der Waals surface area (Å²) in [6.45, 7) is 2.50. The second-order valence-electron chi connectivity index (χ2n) is 7.12. The van der Waals surface area contributed by atoms with E-state index in [-0.39, 0.29) is 0 Å². The predicted octanol–water partition coefficient (Wildman–Crippen LogP) is 2.72. The number of hydrogen-bond acceptors (Lipinski definition) is 4. The number of fused-ring (bicyclic) bond motifs is 1. The minimum atomic E-state index is -1.05. The number of rotatable bonds is 2. The van der Waals surface area contributed by atoms with E-state index in [1.807, 2.05) is 36.4 Å². The zero-order valence-corrected chi connectivity index (χ0v) is 14.7. The van der Waals surface area contributed by atoms with Crippen LogP contribution in [0.25, 0.3) is 0 Å². The van der Waals surface area contributed by atoms with Crippen molar-refractivity contribution in [2.24, 2.45) is 0 Å². The molecule has 0 spiro atoms. The molecule has 5 heteroatoms. The number of para-hydroxylation sites is 1. The van der Waals surface area contributed by atoms with Gasteiger partial charge < -0.3 is 14.6 Å². The largest absolute Gasteiger partial charge is 0.486 e. The highest BCUT2D eigenvalue weighted by Crippen LogP contribution is 2.39. The van der Waals surface area contributed by atoms with Crippen molar-refractivity contribution < 1.29 is 19.2 Å². The van der Waals surface area contributed by atoms with Gasteiger partial charge >= 0.3 is 0 Å². The smallest absolute Gasteiger partial charge is 0.271 e. The van der Waals surface area contributed by atoms with E-state index in [1.165, 1.54) is 5.84 Å². The lowest BCUT2D eigenvalue weighted by molar-refractivity contribution is -0.661. The lowest BCUT2D eigenvalue weighted by Gasteiger charge is -2.26. The zero-order valence-electron chi connectivity index (χ0n) is 14.7. The molecule has 0 aromatic heterocycles. The third-order valence-corrected chi connectivity index (χ3v) is 5.55. The third-order valence-electron chi connectivity index (χ3n) is 5.55.